The lowest BCUT2D eigenvalue weighted by Crippen LogP contribution is -2.40. The summed E-state index contributed by atoms with van der Waals surface area (Å²) in [6.07, 6.45) is 0. The Balaban J connectivity index is 2.72. The van der Waals surface area contributed by atoms with Crippen molar-refractivity contribution in [2.24, 2.45) is 5.10 Å². The van der Waals surface area contributed by atoms with E-state index in [1.165, 1.54) is 6.92 Å². The number of Topliss-reactive ketones (excluding diaryl/α,β-unsaturated/α-hetero) is 1. The molecule has 17 heavy (non-hydrogen) atoms. The second kappa shape index (κ2) is 6.22. The summed E-state index contributed by atoms with van der Waals surface area (Å²) in [5, 5.41) is 6.28. The molecule has 0 aliphatic carbocycles. The second-order valence-corrected chi connectivity index (χ2v) is 4.08. The molecule has 0 aliphatic rings. The standard InChI is InChI=1S/C11H15ClN4O/c1-8(17)11(15-16(2)3)14-13-10-6-4-9(12)5-7-10/h4-7,13H,1-3H3,(H,14,15). The molecule has 0 saturated carbocycles. The highest BCUT2D eigenvalue weighted by Crippen LogP contribution is 2.13. The largest absolute Gasteiger partial charge is 0.299 e. The van der Waals surface area contributed by atoms with Crippen LogP contribution in [0.3, 0.4) is 0 Å². The van der Waals surface area contributed by atoms with Gasteiger partial charge in [-0.25, -0.2) is 5.01 Å². The number of hydrazone groups is 1. The zero-order valence-corrected chi connectivity index (χ0v) is 10.7. The number of carbonyl (C=O) groups excluding carboxylic acids is 1. The van der Waals surface area contributed by atoms with Crippen molar-refractivity contribution in [1.82, 2.24) is 10.4 Å². The monoisotopic (exact) mass is 254 g/mol. The fraction of sp³-hybridized carbons (Fsp3) is 0.273. The Bertz CT molecular complexity index is 414. The highest BCUT2D eigenvalue weighted by molar-refractivity contribution is 6.37. The number of nitrogens with one attached hydrogen (secondary N) is 2. The molecule has 92 valence electrons. The predicted octanol–water partition coefficient (Wildman–Crippen LogP) is 1.72. The number of ketones is 1. The Hall–Kier alpha value is -1.59. The summed E-state index contributed by atoms with van der Waals surface area (Å²) in [5.74, 6) is 0.0881. The molecule has 2 N–H and O–H groups in total. The molecule has 0 amide bonds. The van der Waals surface area contributed by atoms with Gasteiger partial charge in [0.25, 0.3) is 0 Å². The third-order valence-corrected chi connectivity index (χ3v) is 2.06. The summed E-state index contributed by atoms with van der Waals surface area (Å²) < 4.78 is 0. The minimum Gasteiger partial charge on any atom is -0.299 e. The molecule has 0 bridgehead atoms. The van der Waals surface area contributed by atoms with Crippen LogP contribution < -0.4 is 10.9 Å². The fourth-order valence-electron chi connectivity index (χ4n) is 1.04. The zero-order chi connectivity index (χ0) is 12.8. The van der Waals surface area contributed by atoms with Crippen LogP contribution in [-0.4, -0.2) is 30.7 Å². The molecule has 0 saturated heterocycles. The van der Waals surface area contributed by atoms with Crippen LogP contribution in [0.4, 0.5) is 5.69 Å². The third kappa shape index (κ3) is 4.84. The Kier molecular flexibility index (Phi) is 4.93. The molecule has 0 fully saturated rings. The summed E-state index contributed by atoms with van der Waals surface area (Å²) in [7, 11) is 3.56. The number of nitrogens with zero attached hydrogens (tertiary/aromatic N) is 2. The van der Waals surface area contributed by atoms with Crippen molar-refractivity contribution in [1.29, 1.82) is 0 Å². The highest BCUT2D eigenvalue weighted by Gasteiger charge is 2.05. The van der Waals surface area contributed by atoms with Crippen LogP contribution in [0, 0.1) is 0 Å². The highest BCUT2D eigenvalue weighted by atomic mass is 35.5. The van der Waals surface area contributed by atoms with Crippen LogP contribution in [0.5, 0.6) is 0 Å². The van der Waals surface area contributed by atoms with Crippen LogP contribution >= 0.6 is 11.6 Å². The number of carbonyl (C=O) groups is 1. The molecule has 5 nitrogen and oxygen atoms in total. The minimum atomic E-state index is -0.153. The molecule has 1 rings (SSSR count). The molecule has 6 heteroatoms. The van der Waals surface area contributed by atoms with E-state index >= 15 is 0 Å². The number of hydrogen-bond acceptors (Lipinski definition) is 4. The number of amidine groups is 1. The van der Waals surface area contributed by atoms with E-state index in [1.807, 2.05) is 0 Å². The average molecular weight is 255 g/mol. The first kappa shape index (κ1) is 13.5. The normalized spacial score (nSPS) is 11.5. The SMILES string of the molecule is CC(=O)/C(=N\Nc1ccc(Cl)cc1)NN(C)C. The van der Waals surface area contributed by atoms with Crippen molar-refractivity contribution in [3.63, 3.8) is 0 Å². The van der Waals surface area contributed by atoms with Gasteiger partial charge in [0.15, 0.2) is 5.78 Å². The first-order chi connectivity index (χ1) is 7.99. The zero-order valence-electron chi connectivity index (χ0n) is 9.99. The minimum absolute atomic E-state index is 0.153. The topological polar surface area (TPSA) is 56.7 Å². The van der Waals surface area contributed by atoms with Crippen molar-refractivity contribution in [2.75, 3.05) is 19.5 Å². The van der Waals surface area contributed by atoms with Gasteiger partial charge in [0, 0.05) is 26.0 Å². The number of rotatable bonds is 4. The van der Waals surface area contributed by atoms with E-state index < -0.39 is 0 Å². The number of hydrazine groups is 1. The summed E-state index contributed by atoms with van der Waals surface area (Å²) in [4.78, 5) is 11.3. The van der Waals surface area contributed by atoms with E-state index in [4.69, 9.17) is 11.6 Å². The molecular weight excluding hydrogens is 240 g/mol. The molecule has 0 aliphatic heterocycles. The van der Waals surface area contributed by atoms with Crippen molar-refractivity contribution in [3.8, 4) is 0 Å². The van der Waals surface area contributed by atoms with Gasteiger partial charge in [-0.3, -0.25) is 15.6 Å². The lowest BCUT2D eigenvalue weighted by Gasteiger charge is -2.13. The molecule has 1 aromatic rings. The van der Waals surface area contributed by atoms with Gasteiger partial charge < -0.3 is 0 Å². The average Bonchev–Trinajstić information content (AvgIpc) is 2.25. The van der Waals surface area contributed by atoms with Crippen molar-refractivity contribution in [2.45, 2.75) is 6.92 Å². The number of benzene rings is 1. The van der Waals surface area contributed by atoms with Crippen LogP contribution in [-0.2, 0) is 4.79 Å². The van der Waals surface area contributed by atoms with Crippen LogP contribution in [0.15, 0.2) is 29.4 Å². The van der Waals surface area contributed by atoms with Gasteiger partial charge in [0.2, 0.25) is 5.84 Å². The Morgan fingerprint density at radius 2 is 1.88 bits per heavy atom. The van der Waals surface area contributed by atoms with E-state index in [0.717, 1.165) is 5.69 Å². The number of halogens is 1. The Morgan fingerprint density at radius 1 is 1.29 bits per heavy atom. The van der Waals surface area contributed by atoms with Gasteiger partial charge >= 0.3 is 0 Å². The predicted molar refractivity (Wildman–Crippen MR) is 70.0 cm³/mol. The van der Waals surface area contributed by atoms with Gasteiger partial charge in [0.1, 0.15) is 0 Å². The van der Waals surface area contributed by atoms with Crippen molar-refractivity contribution in [3.05, 3.63) is 29.3 Å². The summed E-state index contributed by atoms with van der Waals surface area (Å²) in [5.41, 5.74) is 6.34. The molecule has 1 aromatic carbocycles. The van der Waals surface area contributed by atoms with Gasteiger partial charge in [-0.15, -0.1) is 0 Å². The van der Waals surface area contributed by atoms with Crippen LogP contribution in [0.25, 0.3) is 0 Å². The van der Waals surface area contributed by atoms with Gasteiger partial charge in [0.05, 0.1) is 5.69 Å². The molecule has 0 aromatic heterocycles. The summed E-state index contributed by atoms with van der Waals surface area (Å²) in [6, 6.07) is 7.04. The summed E-state index contributed by atoms with van der Waals surface area (Å²) >= 11 is 5.76. The van der Waals surface area contributed by atoms with E-state index in [9.17, 15) is 4.79 Å². The first-order valence-electron chi connectivity index (χ1n) is 5.03. The molecule has 0 unspecified atom stereocenters. The second-order valence-electron chi connectivity index (χ2n) is 3.64. The fourth-order valence-corrected chi connectivity index (χ4v) is 1.17. The van der Waals surface area contributed by atoms with Crippen LogP contribution in [0.2, 0.25) is 5.02 Å². The lowest BCUT2D eigenvalue weighted by molar-refractivity contribution is -0.111. The van der Waals surface area contributed by atoms with E-state index in [0.29, 0.717) is 5.02 Å². The Labute approximate surface area is 105 Å². The Morgan fingerprint density at radius 3 is 2.35 bits per heavy atom. The number of anilines is 1. The van der Waals surface area contributed by atoms with E-state index in [-0.39, 0.29) is 11.6 Å². The quantitative estimate of drug-likeness (QED) is 0.488. The molecular formula is C11H15ClN4O. The maximum absolute atomic E-state index is 11.3. The number of hydrogen-bond donors (Lipinski definition) is 2. The maximum Gasteiger partial charge on any atom is 0.203 e. The molecule has 0 spiro atoms. The van der Waals surface area contributed by atoms with Gasteiger partial charge in [-0.1, -0.05) is 11.6 Å². The van der Waals surface area contributed by atoms with Crippen molar-refractivity contribution < 1.29 is 4.79 Å². The first-order valence-corrected chi connectivity index (χ1v) is 5.41. The molecule has 0 radical (unpaired) electrons. The molecule has 0 heterocycles. The van der Waals surface area contributed by atoms with Crippen molar-refractivity contribution >= 4 is 28.9 Å². The molecule has 0 atom stereocenters. The van der Waals surface area contributed by atoms with Gasteiger partial charge in [-0.05, 0) is 24.3 Å². The van der Waals surface area contributed by atoms with Gasteiger partial charge in [-0.2, -0.15) is 5.10 Å². The van der Waals surface area contributed by atoms with E-state index in [2.05, 4.69) is 16.0 Å². The third-order valence-electron chi connectivity index (χ3n) is 1.80. The maximum atomic E-state index is 11.3. The lowest BCUT2D eigenvalue weighted by atomic mass is 10.3. The smallest absolute Gasteiger partial charge is 0.203 e. The van der Waals surface area contributed by atoms with E-state index in [1.54, 1.807) is 43.4 Å². The van der Waals surface area contributed by atoms with Crippen LogP contribution in [0.1, 0.15) is 6.92 Å². The summed E-state index contributed by atoms with van der Waals surface area (Å²) in [6.45, 7) is 1.44.